The molecule has 0 radical (unpaired) electrons. The van der Waals surface area contributed by atoms with E-state index in [1.165, 1.54) is 18.6 Å². The highest BCUT2D eigenvalue weighted by atomic mass is 16.6. The maximum Gasteiger partial charge on any atom is 0.271 e. The van der Waals surface area contributed by atoms with E-state index in [1.54, 1.807) is 12.1 Å². The number of benzene rings is 1. The predicted octanol–water partition coefficient (Wildman–Crippen LogP) is 2.95. The first-order chi connectivity index (χ1) is 10.5. The summed E-state index contributed by atoms with van der Waals surface area (Å²) < 4.78 is 0. The van der Waals surface area contributed by atoms with E-state index in [2.05, 4.69) is 24.5 Å². The van der Waals surface area contributed by atoms with Gasteiger partial charge in [0.05, 0.1) is 11.5 Å². The Hall–Kier alpha value is -2.11. The lowest BCUT2D eigenvalue weighted by Gasteiger charge is -2.34. The Labute approximate surface area is 130 Å². The number of nitro groups is 1. The molecule has 6 nitrogen and oxygen atoms in total. The van der Waals surface area contributed by atoms with Gasteiger partial charge < -0.3 is 10.6 Å². The highest BCUT2D eigenvalue weighted by Crippen LogP contribution is 2.29. The number of nitro benzene ring substituents is 1. The molecule has 0 heterocycles. The van der Waals surface area contributed by atoms with Crippen molar-refractivity contribution in [1.82, 2.24) is 5.32 Å². The van der Waals surface area contributed by atoms with Gasteiger partial charge in [-0.25, -0.2) is 0 Å². The molecule has 2 N–H and O–H groups in total. The van der Waals surface area contributed by atoms with E-state index in [1.807, 2.05) is 0 Å². The second kappa shape index (κ2) is 7.24. The Morgan fingerprint density at radius 3 is 2.86 bits per heavy atom. The lowest BCUT2D eigenvalue weighted by molar-refractivity contribution is -0.384. The maximum atomic E-state index is 12.0. The Balaban J connectivity index is 1.85. The van der Waals surface area contributed by atoms with Crippen molar-refractivity contribution in [3.05, 3.63) is 34.4 Å². The van der Waals surface area contributed by atoms with Gasteiger partial charge in [-0.15, -0.1) is 0 Å². The summed E-state index contributed by atoms with van der Waals surface area (Å²) in [5.41, 5.74) is 0.592. The van der Waals surface area contributed by atoms with Crippen LogP contribution in [0.4, 0.5) is 11.4 Å². The Morgan fingerprint density at radius 2 is 2.14 bits per heavy atom. The highest BCUT2D eigenvalue weighted by molar-refractivity contribution is 5.81. The molecule has 1 aromatic rings. The van der Waals surface area contributed by atoms with E-state index in [0.717, 1.165) is 12.8 Å². The molecule has 1 fully saturated rings. The van der Waals surface area contributed by atoms with Crippen molar-refractivity contribution < 1.29 is 9.72 Å². The van der Waals surface area contributed by atoms with Crippen LogP contribution in [0.1, 0.15) is 33.1 Å². The normalized spacial score (nSPS) is 24.5. The number of amides is 1. The minimum absolute atomic E-state index is 0.0140. The molecule has 22 heavy (non-hydrogen) atoms. The molecule has 0 saturated heterocycles. The topological polar surface area (TPSA) is 84.3 Å². The van der Waals surface area contributed by atoms with E-state index in [-0.39, 0.29) is 24.2 Å². The third kappa shape index (κ3) is 4.19. The minimum atomic E-state index is -0.448. The average molecular weight is 305 g/mol. The summed E-state index contributed by atoms with van der Waals surface area (Å²) in [4.78, 5) is 22.3. The molecule has 2 rings (SSSR count). The summed E-state index contributed by atoms with van der Waals surface area (Å²) in [6, 6.07) is 6.40. The fraction of sp³-hybridized carbons (Fsp3) is 0.562. The van der Waals surface area contributed by atoms with Gasteiger partial charge in [-0.2, -0.15) is 0 Å². The second-order valence-electron chi connectivity index (χ2n) is 6.10. The number of nitrogens with one attached hydrogen (secondary N) is 2. The molecule has 0 unspecified atom stereocenters. The van der Waals surface area contributed by atoms with E-state index in [4.69, 9.17) is 0 Å². The van der Waals surface area contributed by atoms with Crippen molar-refractivity contribution in [2.75, 3.05) is 11.9 Å². The van der Waals surface area contributed by atoms with Gasteiger partial charge in [-0.3, -0.25) is 14.9 Å². The lowest BCUT2D eigenvalue weighted by Crippen LogP contribution is -2.45. The Bertz CT molecular complexity index is 547. The van der Waals surface area contributed by atoms with E-state index >= 15 is 0 Å². The quantitative estimate of drug-likeness (QED) is 0.647. The number of carbonyl (C=O) groups excluding carboxylic acids is 1. The first kappa shape index (κ1) is 16.3. The fourth-order valence-corrected chi connectivity index (χ4v) is 2.96. The largest absolute Gasteiger partial charge is 0.376 e. The molecule has 1 amide bonds. The minimum Gasteiger partial charge on any atom is -0.376 e. The van der Waals surface area contributed by atoms with Crippen LogP contribution in [0, 0.1) is 22.0 Å². The van der Waals surface area contributed by atoms with Crippen molar-refractivity contribution in [2.24, 2.45) is 11.8 Å². The zero-order valence-corrected chi connectivity index (χ0v) is 13.0. The molecule has 1 aromatic carbocycles. The van der Waals surface area contributed by atoms with E-state index in [0.29, 0.717) is 17.5 Å². The van der Waals surface area contributed by atoms with Gasteiger partial charge in [-0.05, 0) is 24.3 Å². The van der Waals surface area contributed by atoms with E-state index < -0.39 is 4.92 Å². The predicted molar refractivity (Wildman–Crippen MR) is 85.7 cm³/mol. The second-order valence-corrected chi connectivity index (χ2v) is 6.10. The molecule has 120 valence electrons. The van der Waals surface area contributed by atoms with Crippen LogP contribution < -0.4 is 10.6 Å². The Morgan fingerprint density at radius 1 is 1.36 bits per heavy atom. The van der Waals surface area contributed by atoms with Crippen molar-refractivity contribution in [3.8, 4) is 0 Å². The standard InChI is InChI=1S/C16H23N3O3/c1-11-5-3-8-15(12(11)2)18-16(20)10-17-13-6-4-7-14(9-13)19(21)22/h4,6-7,9,11-12,15,17H,3,5,8,10H2,1-2H3,(H,18,20)/t11-,12-,15-/m1/s1. The zero-order chi connectivity index (χ0) is 16.1. The van der Waals surface area contributed by atoms with Crippen molar-refractivity contribution in [1.29, 1.82) is 0 Å². The van der Waals surface area contributed by atoms with Crippen LogP contribution >= 0.6 is 0 Å². The van der Waals surface area contributed by atoms with Crippen molar-refractivity contribution in [2.45, 2.75) is 39.2 Å². The number of non-ortho nitro benzene ring substituents is 1. The van der Waals surface area contributed by atoms with Crippen LogP contribution in [0.25, 0.3) is 0 Å². The molecule has 0 spiro atoms. The molecule has 3 atom stereocenters. The summed E-state index contributed by atoms with van der Waals surface area (Å²) in [6.45, 7) is 4.53. The number of hydrogen-bond acceptors (Lipinski definition) is 4. The van der Waals surface area contributed by atoms with E-state index in [9.17, 15) is 14.9 Å². The average Bonchev–Trinajstić information content (AvgIpc) is 2.50. The number of anilines is 1. The number of rotatable bonds is 5. The van der Waals surface area contributed by atoms with Crippen LogP contribution in [0.15, 0.2) is 24.3 Å². The first-order valence-corrected chi connectivity index (χ1v) is 7.75. The molecule has 0 aromatic heterocycles. The SMILES string of the molecule is C[C@@H]1[C@H](C)CCC[C@H]1NC(=O)CNc1cccc([N+](=O)[O-])c1. The maximum absolute atomic E-state index is 12.0. The van der Waals surface area contributed by atoms with Crippen LogP contribution in [0.3, 0.4) is 0 Å². The monoisotopic (exact) mass is 305 g/mol. The molecular weight excluding hydrogens is 282 g/mol. The third-order valence-electron chi connectivity index (χ3n) is 4.56. The summed E-state index contributed by atoms with van der Waals surface area (Å²) in [5.74, 6) is 1.04. The number of hydrogen-bond donors (Lipinski definition) is 2. The van der Waals surface area contributed by atoms with Crippen LogP contribution in [0.5, 0.6) is 0 Å². The molecule has 0 aliphatic heterocycles. The smallest absolute Gasteiger partial charge is 0.271 e. The first-order valence-electron chi connectivity index (χ1n) is 7.75. The molecule has 1 saturated carbocycles. The van der Waals surface area contributed by atoms with Gasteiger partial charge >= 0.3 is 0 Å². The van der Waals surface area contributed by atoms with Gasteiger partial charge in [0.25, 0.3) is 5.69 Å². The number of nitrogens with zero attached hydrogens (tertiary/aromatic N) is 1. The summed E-state index contributed by atoms with van der Waals surface area (Å²) in [7, 11) is 0. The van der Waals surface area contributed by atoms with Crippen molar-refractivity contribution in [3.63, 3.8) is 0 Å². The molecular formula is C16H23N3O3. The summed E-state index contributed by atoms with van der Waals surface area (Å²) >= 11 is 0. The van der Waals surface area contributed by atoms with Gasteiger partial charge in [0, 0.05) is 23.9 Å². The molecule has 1 aliphatic rings. The fourth-order valence-electron chi connectivity index (χ4n) is 2.96. The number of carbonyl (C=O) groups is 1. The third-order valence-corrected chi connectivity index (χ3v) is 4.56. The summed E-state index contributed by atoms with van der Waals surface area (Å²) in [6.07, 6.45) is 3.39. The van der Waals surface area contributed by atoms with Gasteiger partial charge in [0.1, 0.15) is 0 Å². The van der Waals surface area contributed by atoms with Gasteiger partial charge in [0.2, 0.25) is 5.91 Å². The zero-order valence-electron chi connectivity index (χ0n) is 13.0. The highest BCUT2D eigenvalue weighted by Gasteiger charge is 2.27. The van der Waals surface area contributed by atoms with Gasteiger partial charge in [0.15, 0.2) is 0 Å². The van der Waals surface area contributed by atoms with Gasteiger partial charge in [-0.1, -0.05) is 32.8 Å². The summed E-state index contributed by atoms with van der Waals surface area (Å²) in [5, 5.41) is 16.7. The molecule has 0 bridgehead atoms. The molecule has 6 heteroatoms. The van der Waals surface area contributed by atoms with Crippen molar-refractivity contribution >= 4 is 17.3 Å². The molecule has 1 aliphatic carbocycles. The van der Waals surface area contributed by atoms with Crippen LogP contribution in [-0.4, -0.2) is 23.4 Å². The van der Waals surface area contributed by atoms with Crippen LogP contribution in [0.2, 0.25) is 0 Å². The Kier molecular flexibility index (Phi) is 5.35. The lowest BCUT2D eigenvalue weighted by atomic mass is 9.78. The van der Waals surface area contributed by atoms with Crippen LogP contribution in [-0.2, 0) is 4.79 Å².